The molecule has 2 aromatic rings. The van der Waals surface area contributed by atoms with Gasteiger partial charge in [0.05, 0.1) is 0 Å². The first kappa shape index (κ1) is 14.8. The summed E-state index contributed by atoms with van der Waals surface area (Å²) >= 11 is 6.17. The zero-order valence-electron chi connectivity index (χ0n) is 11.5. The third kappa shape index (κ3) is 3.50. The largest absolute Gasteiger partial charge is 0.489 e. The number of aryl methyl sites for hydroxylation is 1. The molecule has 0 saturated carbocycles. The van der Waals surface area contributed by atoms with E-state index in [4.69, 9.17) is 16.3 Å². The minimum Gasteiger partial charge on any atom is -0.489 e. The first-order chi connectivity index (χ1) is 9.61. The zero-order valence-corrected chi connectivity index (χ0v) is 12.3. The number of halogens is 2. The van der Waals surface area contributed by atoms with Crippen molar-refractivity contribution < 1.29 is 9.13 Å². The van der Waals surface area contributed by atoms with E-state index >= 15 is 0 Å². The summed E-state index contributed by atoms with van der Waals surface area (Å²) in [5.41, 5.74) is 2.76. The van der Waals surface area contributed by atoms with Gasteiger partial charge in [-0.2, -0.15) is 0 Å². The van der Waals surface area contributed by atoms with Gasteiger partial charge in [0.15, 0.2) is 0 Å². The van der Waals surface area contributed by atoms with Gasteiger partial charge >= 0.3 is 0 Å². The first-order valence-electron chi connectivity index (χ1n) is 6.41. The van der Waals surface area contributed by atoms with Crippen LogP contribution < -0.4 is 10.1 Å². The van der Waals surface area contributed by atoms with Crippen LogP contribution in [0.2, 0.25) is 5.02 Å². The number of benzene rings is 2. The second-order valence-corrected chi connectivity index (χ2v) is 5.01. The predicted molar refractivity (Wildman–Crippen MR) is 79.7 cm³/mol. The van der Waals surface area contributed by atoms with Crippen LogP contribution in [0, 0.1) is 12.7 Å². The van der Waals surface area contributed by atoms with Crippen molar-refractivity contribution in [1.82, 2.24) is 5.32 Å². The molecule has 0 saturated heterocycles. The molecule has 0 amide bonds. The Bertz CT molecular complexity index is 601. The highest BCUT2D eigenvalue weighted by Gasteiger charge is 2.08. The lowest BCUT2D eigenvalue weighted by Crippen LogP contribution is -2.08. The summed E-state index contributed by atoms with van der Waals surface area (Å²) in [6.07, 6.45) is 0. The van der Waals surface area contributed by atoms with Crippen LogP contribution in [0.15, 0.2) is 36.4 Å². The second-order valence-electron chi connectivity index (χ2n) is 4.61. The topological polar surface area (TPSA) is 21.3 Å². The highest BCUT2D eigenvalue weighted by atomic mass is 35.5. The van der Waals surface area contributed by atoms with Crippen LogP contribution in [0.4, 0.5) is 4.39 Å². The summed E-state index contributed by atoms with van der Waals surface area (Å²) in [6.45, 7) is 2.90. The highest BCUT2D eigenvalue weighted by Crippen LogP contribution is 2.27. The van der Waals surface area contributed by atoms with E-state index < -0.39 is 0 Å². The molecular formula is C16H17ClFNO. The average molecular weight is 294 g/mol. The summed E-state index contributed by atoms with van der Waals surface area (Å²) < 4.78 is 18.9. The average Bonchev–Trinajstić information content (AvgIpc) is 2.41. The summed E-state index contributed by atoms with van der Waals surface area (Å²) in [5.74, 6) is 0.514. The molecular weight excluding hydrogens is 277 g/mol. The maximum Gasteiger partial charge on any atom is 0.125 e. The SMILES string of the molecule is CNCc1c(Cl)cccc1OCc1ccc(F)cc1C. The molecule has 2 nitrogen and oxygen atoms in total. The minimum absolute atomic E-state index is 0.232. The fraction of sp³-hybridized carbons (Fsp3) is 0.250. The Morgan fingerprint density at radius 3 is 2.75 bits per heavy atom. The minimum atomic E-state index is -0.232. The molecule has 20 heavy (non-hydrogen) atoms. The molecule has 0 aliphatic carbocycles. The number of nitrogens with one attached hydrogen (secondary N) is 1. The van der Waals surface area contributed by atoms with Gasteiger partial charge in [-0.3, -0.25) is 0 Å². The van der Waals surface area contributed by atoms with Crippen molar-refractivity contribution in [3.8, 4) is 5.75 Å². The molecule has 0 unspecified atom stereocenters. The Labute approximate surface area is 123 Å². The first-order valence-corrected chi connectivity index (χ1v) is 6.79. The van der Waals surface area contributed by atoms with Crippen LogP contribution >= 0.6 is 11.6 Å². The molecule has 106 valence electrons. The maximum atomic E-state index is 13.1. The Morgan fingerprint density at radius 2 is 2.05 bits per heavy atom. The van der Waals surface area contributed by atoms with Crippen molar-refractivity contribution in [3.63, 3.8) is 0 Å². The lowest BCUT2D eigenvalue weighted by Gasteiger charge is -2.14. The standard InChI is InChI=1S/C16H17ClFNO/c1-11-8-13(18)7-6-12(11)10-20-16-5-3-4-15(17)14(16)9-19-2/h3-8,19H,9-10H2,1-2H3. The van der Waals surface area contributed by atoms with E-state index in [1.807, 2.05) is 32.2 Å². The van der Waals surface area contributed by atoms with Gasteiger partial charge < -0.3 is 10.1 Å². The third-order valence-electron chi connectivity index (χ3n) is 3.12. The van der Waals surface area contributed by atoms with Crippen LogP contribution in [-0.4, -0.2) is 7.05 Å². The highest BCUT2D eigenvalue weighted by molar-refractivity contribution is 6.31. The molecule has 0 spiro atoms. The van der Waals surface area contributed by atoms with Crippen molar-refractivity contribution >= 4 is 11.6 Å². The van der Waals surface area contributed by atoms with Gasteiger partial charge in [-0.15, -0.1) is 0 Å². The van der Waals surface area contributed by atoms with E-state index in [-0.39, 0.29) is 5.82 Å². The van der Waals surface area contributed by atoms with Gasteiger partial charge in [0, 0.05) is 17.1 Å². The molecule has 0 atom stereocenters. The maximum absolute atomic E-state index is 13.1. The Balaban J connectivity index is 2.16. The fourth-order valence-corrected chi connectivity index (χ4v) is 2.23. The lowest BCUT2D eigenvalue weighted by atomic mass is 10.1. The number of hydrogen-bond donors (Lipinski definition) is 1. The quantitative estimate of drug-likeness (QED) is 0.896. The molecule has 0 aromatic heterocycles. The molecule has 0 aliphatic rings. The van der Waals surface area contributed by atoms with Gasteiger partial charge in [-0.25, -0.2) is 4.39 Å². The molecule has 2 aromatic carbocycles. The van der Waals surface area contributed by atoms with Gasteiger partial charge in [0.2, 0.25) is 0 Å². The van der Waals surface area contributed by atoms with Crippen molar-refractivity contribution in [1.29, 1.82) is 0 Å². The lowest BCUT2D eigenvalue weighted by molar-refractivity contribution is 0.301. The fourth-order valence-electron chi connectivity index (χ4n) is 2.00. The molecule has 0 bridgehead atoms. The van der Waals surface area contributed by atoms with E-state index in [0.29, 0.717) is 18.2 Å². The molecule has 0 aliphatic heterocycles. The van der Waals surface area contributed by atoms with E-state index in [1.165, 1.54) is 12.1 Å². The van der Waals surface area contributed by atoms with Gasteiger partial charge in [0.25, 0.3) is 0 Å². The van der Waals surface area contributed by atoms with E-state index in [9.17, 15) is 4.39 Å². The van der Waals surface area contributed by atoms with E-state index in [2.05, 4.69) is 5.32 Å². The van der Waals surface area contributed by atoms with Gasteiger partial charge in [0.1, 0.15) is 18.2 Å². The number of ether oxygens (including phenoxy) is 1. The van der Waals surface area contributed by atoms with Crippen LogP contribution in [0.5, 0.6) is 5.75 Å². The Hall–Kier alpha value is -1.58. The molecule has 0 heterocycles. The van der Waals surface area contributed by atoms with Crippen molar-refractivity contribution in [2.75, 3.05) is 7.05 Å². The second kappa shape index (κ2) is 6.73. The zero-order chi connectivity index (χ0) is 14.5. The summed E-state index contributed by atoms with van der Waals surface area (Å²) in [7, 11) is 1.86. The van der Waals surface area contributed by atoms with Gasteiger partial charge in [-0.05, 0) is 49.4 Å². The normalized spacial score (nSPS) is 10.6. The molecule has 2 rings (SSSR count). The molecule has 4 heteroatoms. The van der Waals surface area contributed by atoms with E-state index in [1.54, 1.807) is 6.07 Å². The molecule has 1 N–H and O–H groups in total. The van der Waals surface area contributed by atoms with Crippen LogP contribution in [-0.2, 0) is 13.2 Å². The van der Waals surface area contributed by atoms with Crippen molar-refractivity contribution in [3.05, 3.63) is 63.9 Å². The van der Waals surface area contributed by atoms with Crippen molar-refractivity contribution in [2.24, 2.45) is 0 Å². The number of hydrogen-bond acceptors (Lipinski definition) is 2. The van der Waals surface area contributed by atoms with Gasteiger partial charge in [-0.1, -0.05) is 23.7 Å². The smallest absolute Gasteiger partial charge is 0.125 e. The van der Waals surface area contributed by atoms with E-state index in [0.717, 1.165) is 22.4 Å². The third-order valence-corrected chi connectivity index (χ3v) is 3.47. The predicted octanol–water partition coefficient (Wildman–Crippen LogP) is 4.09. The van der Waals surface area contributed by atoms with Crippen LogP contribution in [0.3, 0.4) is 0 Å². The Morgan fingerprint density at radius 1 is 1.25 bits per heavy atom. The number of rotatable bonds is 5. The van der Waals surface area contributed by atoms with Crippen LogP contribution in [0.1, 0.15) is 16.7 Å². The molecule has 0 radical (unpaired) electrons. The summed E-state index contributed by atoms with van der Waals surface area (Å²) in [6, 6.07) is 10.3. The summed E-state index contributed by atoms with van der Waals surface area (Å²) in [5, 5.41) is 3.74. The summed E-state index contributed by atoms with van der Waals surface area (Å²) in [4.78, 5) is 0. The Kier molecular flexibility index (Phi) is 4.99. The molecule has 0 fully saturated rings. The van der Waals surface area contributed by atoms with Crippen LogP contribution in [0.25, 0.3) is 0 Å². The van der Waals surface area contributed by atoms with Crippen molar-refractivity contribution in [2.45, 2.75) is 20.1 Å². The monoisotopic (exact) mass is 293 g/mol.